The first-order chi connectivity index (χ1) is 8.20. The SMILES string of the molecule is CC(=CCCOCSc1ccccc1)C(=O)O. The third-order valence-corrected chi connectivity index (χ3v) is 2.99. The highest BCUT2D eigenvalue weighted by Gasteiger charge is 1.98. The van der Waals surface area contributed by atoms with Crippen molar-refractivity contribution in [2.24, 2.45) is 0 Å². The molecule has 0 aliphatic carbocycles. The van der Waals surface area contributed by atoms with E-state index in [1.807, 2.05) is 30.3 Å². The second kappa shape index (κ2) is 7.92. The van der Waals surface area contributed by atoms with Gasteiger partial charge in [-0.05, 0) is 25.5 Å². The molecule has 4 heteroatoms. The van der Waals surface area contributed by atoms with Crippen molar-refractivity contribution in [1.29, 1.82) is 0 Å². The van der Waals surface area contributed by atoms with Crippen LogP contribution >= 0.6 is 11.8 Å². The molecule has 0 spiro atoms. The molecule has 1 aromatic rings. The number of hydrogen-bond acceptors (Lipinski definition) is 3. The monoisotopic (exact) mass is 252 g/mol. The highest BCUT2D eigenvalue weighted by atomic mass is 32.2. The number of hydrogen-bond donors (Lipinski definition) is 1. The van der Waals surface area contributed by atoms with Crippen LogP contribution in [0.1, 0.15) is 13.3 Å². The Morgan fingerprint density at radius 1 is 1.41 bits per heavy atom. The molecule has 0 heterocycles. The van der Waals surface area contributed by atoms with E-state index in [9.17, 15) is 4.79 Å². The molecule has 0 unspecified atom stereocenters. The highest BCUT2D eigenvalue weighted by Crippen LogP contribution is 2.16. The Morgan fingerprint density at radius 2 is 2.12 bits per heavy atom. The zero-order chi connectivity index (χ0) is 12.5. The molecule has 0 aromatic heterocycles. The molecule has 0 saturated carbocycles. The lowest BCUT2D eigenvalue weighted by Crippen LogP contribution is -1.98. The van der Waals surface area contributed by atoms with Crippen LogP contribution in [0.25, 0.3) is 0 Å². The Labute approximate surface area is 105 Å². The minimum atomic E-state index is -0.872. The zero-order valence-corrected chi connectivity index (χ0v) is 10.6. The van der Waals surface area contributed by atoms with Gasteiger partial charge in [-0.15, -0.1) is 0 Å². The van der Waals surface area contributed by atoms with Gasteiger partial charge in [0.25, 0.3) is 0 Å². The van der Waals surface area contributed by atoms with E-state index < -0.39 is 5.97 Å². The van der Waals surface area contributed by atoms with Crippen molar-refractivity contribution < 1.29 is 14.6 Å². The average Bonchev–Trinajstić information content (AvgIpc) is 2.34. The molecule has 0 saturated heterocycles. The predicted molar refractivity (Wildman–Crippen MR) is 69.1 cm³/mol. The number of carboxylic acid groups (broad SMARTS) is 1. The number of thioether (sulfide) groups is 1. The zero-order valence-electron chi connectivity index (χ0n) is 9.76. The molecule has 92 valence electrons. The normalized spacial score (nSPS) is 11.5. The Hall–Kier alpha value is -1.26. The lowest BCUT2D eigenvalue weighted by molar-refractivity contribution is -0.132. The van der Waals surface area contributed by atoms with Crippen LogP contribution in [-0.2, 0) is 9.53 Å². The molecular weight excluding hydrogens is 236 g/mol. The van der Waals surface area contributed by atoms with Crippen molar-refractivity contribution >= 4 is 17.7 Å². The quantitative estimate of drug-likeness (QED) is 0.350. The summed E-state index contributed by atoms with van der Waals surface area (Å²) in [5, 5.41) is 8.62. The molecule has 1 N–H and O–H groups in total. The van der Waals surface area contributed by atoms with Crippen LogP contribution in [0.2, 0.25) is 0 Å². The lowest BCUT2D eigenvalue weighted by atomic mass is 10.2. The number of carboxylic acids is 1. The molecular formula is C13H16O3S. The summed E-state index contributed by atoms with van der Waals surface area (Å²) in [6.07, 6.45) is 2.31. The van der Waals surface area contributed by atoms with Crippen molar-refractivity contribution in [2.45, 2.75) is 18.2 Å². The summed E-state index contributed by atoms with van der Waals surface area (Å²) in [6.45, 7) is 2.13. The van der Waals surface area contributed by atoms with E-state index in [1.54, 1.807) is 24.8 Å². The van der Waals surface area contributed by atoms with Crippen molar-refractivity contribution in [3.05, 3.63) is 42.0 Å². The number of rotatable bonds is 7. The van der Waals surface area contributed by atoms with E-state index in [1.165, 1.54) is 4.90 Å². The van der Waals surface area contributed by atoms with Crippen LogP contribution in [0, 0.1) is 0 Å². The van der Waals surface area contributed by atoms with Crippen LogP contribution in [-0.4, -0.2) is 23.6 Å². The van der Waals surface area contributed by atoms with Gasteiger partial charge >= 0.3 is 5.97 Å². The molecule has 0 fully saturated rings. The first kappa shape index (κ1) is 13.8. The Balaban J connectivity index is 2.10. The summed E-state index contributed by atoms with van der Waals surface area (Å²) in [4.78, 5) is 11.7. The van der Waals surface area contributed by atoms with Gasteiger partial charge in [-0.1, -0.05) is 36.0 Å². The molecule has 17 heavy (non-hydrogen) atoms. The molecule has 0 atom stereocenters. The first-order valence-electron chi connectivity index (χ1n) is 5.36. The first-order valence-corrected chi connectivity index (χ1v) is 6.34. The van der Waals surface area contributed by atoms with E-state index in [0.717, 1.165) is 0 Å². The summed E-state index contributed by atoms with van der Waals surface area (Å²) in [5.74, 6) is -0.284. The van der Waals surface area contributed by atoms with Gasteiger partial charge in [0.05, 0.1) is 12.5 Å². The molecule has 0 aliphatic heterocycles. The maximum atomic E-state index is 10.5. The summed E-state index contributed by atoms with van der Waals surface area (Å²) < 4.78 is 5.39. The van der Waals surface area contributed by atoms with Crippen LogP contribution in [0.4, 0.5) is 0 Å². The van der Waals surface area contributed by atoms with Gasteiger partial charge < -0.3 is 9.84 Å². The molecule has 1 aromatic carbocycles. The predicted octanol–water partition coefficient (Wildman–Crippen LogP) is 3.17. The molecule has 0 amide bonds. The lowest BCUT2D eigenvalue weighted by Gasteiger charge is -2.02. The van der Waals surface area contributed by atoms with Gasteiger partial charge in [0, 0.05) is 10.5 Å². The van der Waals surface area contributed by atoms with Gasteiger partial charge in [0.2, 0.25) is 0 Å². The maximum absolute atomic E-state index is 10.5. The summed E-state index contributed by atoms with van der Waals surface area (Å²) >= 11 is 1.63. The van der Waals surface area contributed by atoms with Crippen LogP contribution in [0.3, 0.4) is 0 Å². The van der Waals surface area contributed by atoms with Crippen molar-refractivity contribution in [3.8, 4) is 0 Å². The van der Waals surface area contributed by atoms with Gasteiger partial charge in [0.1, 0.15) is 0 Å². The fourth-order valence-corrected chi connectivity index (χ4v) is 1.82. The average molecular weight is 252 g/mol. The van der Waals surface area contributed by atoms with Crippen molar-refractivity contribution in [1.82, 2.24) is 0 Å². The van der Waals surface area contributed by atoms with Crippen LogP contribution in [0.15, 0.2) is 46.9 Å². The van der Waals surface area contributed by atoms with E-state index in [0.29, 0.717) is 24.5 Å². The molecule has 1 rings (SSSR count). The van der Waals surface area contributed by atoms with Crippen molar-refractivity contribution in [3.63, 3.8) is 0 Å². The third kappa shape index (κ3) is 6.14. The minimum Gasteiger partial charge on any atom is -0.478 e. The largest absolute Gasteiger partial charge is 0.478 e. The van der Waals surface area contributed by atoms with E-state index in [-0.39, 0.29) is 0 Å². The second-order valence-corrected chi connectivity index (χ2v) is 4.46. The van der Waals surface area contributed by atoms with E-state index in [4.69, 9.17) is 9.84 Å². The van der Waals surface area contributed by atoms with Gasteiger partial charge in [-0.25, -0.2) is 4.79 Å². The smallest absolute Gasteiger partial charge is 0.330 e. The van der Waals surface area contributed by atoms with Gasteiger partial charge in [0.15, 0.2) is 0 Å². The van der Waals surface area contributed by atoms with Crippen LogP contribution in [0.5, 0.6) is 0 Å². The summed E-state index contributed by atoms with van der Waals surface area (Å²) in [7, 11) is 0. The topological polar surface area (TPSA) is 46.5 Å². The fraction of sp³-hybridized carbons (Fsp3) is 0.308. The maximum Gasteiger partial charge on any atom is 0.330 e. The molecule has 3 nitrogen and oxygen atoms in total. The number of carbonyl (C=O) groups is 1. The Kier molecular flexibility index (Phi) is 6.43. The van der Waals surface area contributed by atoms with Crippen LogP contribution < -0.4 is 0 Å². The summed E-state index contributed by atoms with van der Waals surface area (Å²) in [6, 6.07) is 10.0. The standard InChI is InChI=1S/C13H16O3S/c1-11(13(14)15)6-5-9-16-10-17-12-7-3-2-4-8-12/h2-4,6-8H,5,9-10H2,1H3,(H,14,15). The third-order valence-electron chi connectivity index (χ3n) is 2.10. The molecule has 0 bridgehead atoms. The van der Waals surface area contributed by atoms with E-state index in [2.05, 4.69) is 0 Å². The number of ether oxygens (including phenoxy) is 1. The Morgan fingerprint density at radius 3 is 2.76 bits per heavy atom. The van der Waals surface area contributed by atoms with Crippen molar-refractivity contribution in [2.75, 3.05) is 12.5 Å². The highest BCUT2D eigenvalue weighted by molar-refractivity contribution is 7.99. The second-order valence-electron chi connectivity index (χ2n) is 3.46. The fourth-order valence-electron chi connectivity index (χ4n) is 1.13. The van der Waals surface area contributed by atoms with Gasteiger partial charge in [-0.2, -0.15) is 0 Å². The van der Waals surface area contributed by atoms with E-state index >= 15 is 0 Å². The Bertz CT molecular complexity index is 374. The molecule has 0 radical (unpaired) electrons. The number of aliphatic carboxylic acids is 1. The molecule has 0 aliphatic rings. The van der Waals surface area contributed by atoms with Gasteiger partial charge in [-0.3, -0.25) is 0 Å². The summed E-state index contributed by atoms with van der Waals surface area (Å²) in [5.41, 5.74) is 0.365. The minimum absolute atomic E-state index is 0.365. The number of benzene rings is 1.